The normalized spacial score (nSPS) is 11.0. The largest absolute Gasteiger partial charge is 0.489 e. The van der Waals surface area contributed by atoms with Crippen LogP contribution in [0, 0.1) is 0 Å². The first-order chi connectivity index (χ1) is 30.2. The number of esters is 1. The quantitative estimate of drug-likeness (QED) is 0.0521. The Labute approximate surface area is 372 Å². The molecule has 8 nitrogen and oxygen atoms in total. The topological polar surface area (TPSA) is 81.7 Å². The first-order valence-corrected chi connectivity index (χ1v) is 21.2. The highest BCUT2D eigenvalue weighted by Crippen LogP contribution is 2.33. The van der Waals surface area contributed by atoms with E-state index in [0.717, 1.165) is 33.4 Å². The minimum Gasteiger partial charge on any atom is -0.489 e. The van der Waals surface area contributed by atoms with E-state index in [9.17, 15) is 4.79 Å². The van der Waals surface area contributed by atoms with Gasteiger partial charge in [-0.1, -0.05) is 149 Å². The zero-order valence-corrected chi connectivity index (χ0v) is 36.4. The van der Waals surface area contributed by atoms with E-state index >= 15 is 0 Å². The van der Waals surface area contributed by atoms with Gasteiger partial charge in [0.1, 0.15) is 62.1 Å². The van der Waals surface area contributed by atoms with E-state index in [2.05, 4.69) is 15.9 Å². The Balaban J connectivity index is 1.08. The van der Waals surface area contributed by atoms with Crippen molar-refractivity contribution in [3.63, 3.8) is 0 Å². The maximum atomic E-state index is 12.7. The number of carbonyl (C=O) groups excluding carboxylic acids is 1. The first kappa shape index (κ1) is 43.4. The van der Waals surface area contributed by atoms with Gasteiger partial charge < -0.3 is 33.2 Å². The molecular formula is C53H49BrO8. The van der Waals surface area contributed by atoms with Gasteiger partial charge in [-0.2, -0.15) is 0 Å². The molecule has 7 rings (SSSR count). The van der Waals surface area contributed by atoms with Crippen molar-refractivity contribution >= 4 is 21.9 Å². The number of rotatable bonds is 21. The van der Waals surface area contributed by atoms with Crippen LogP contribution in [0.25, 0.3) is 0 Å². The van der Waals surface area contributed by atoms with Crippen molar-refractivity contribution in [2.75, 3.05) is 0 Å². The molecule has 0 heterocycles. The highest BCUT2D eigenvalue weighted by molar-refractivity contribution is 9.10. The lowest BCUT2D eigenvalue weighted by Gasteiger charge is -2.17. The lowest BCUT2D eigenvalue weighted by molar-refractivity contribution is -0.146. The summed E-state index contributed by atoms with van der Waals surface area (Å²) in [5.41, 5.74) is 6.64. The van der Waals surface area contributed by atoms with E-state index in [4.69, 9.17) is 33.2 Å². The molecule has 0 aromatic heterocycles. The monoisotopic (exact) mass is 892 g/mol. The molecule has 9 heteroatoms. The standard InChI is InChI=1S/C53H49BrO8/c1-53(2,54)52(55)62-38-45-27-46(56-36-43-23-25-48(58-32-39-15-7-3-8-16-39)50(29-43)60-34-41-19-11-5-12-20-41)31-47(28-45)57-37-44-24-26-49(59-33-40-17-9-4-10-18-40)51(30-44)61-35-42-21-13-6-14-22-42/h3-31H,32-38H2,1-2H3. The molecule has 0 fully saturated rings. The van der Waals surface area contributed by atoms with Crippen LogP contribution in [0.15, 0.2) is 176 Å². The second kappa shape index (κ2) is 21.7. The molecule has 0 atom stereocenters. The summed E-state index contributed by atoms with van der Waals surface area (Å²) >= 11 is 3.40. The van der Waals surface area contributed by atoms with E-state index in [0.29, 0.717) is 66.5 Å². The van der Waals surface area contributed by atoms with E-state index in [-0.39, 0.29) is 25.8 Å². The number of halogens is 1. The van der Waals surface area contributed by atoms with Crippen LogP contribution in [0.3, 0.4) is 0 Å². The van der Waals surface area contributed by atoms with Gasteiger partial charge in [-0.15, -0.1) is 0 Å². The summed E-state index contributed by atoms with van der Waals surface area (Å²) in [5, 5.41) is 0. The van der Waals surface area contributed by atoms with Crippen LogP contribution >= 0.6 is 15.9 Å². The molecule has 0 saturated heterocycles. The molecular weight excluding hydrogens is 844 g/mol. The van der Waals surface area contributed by atoms with E-state index in [1.54, 1.807) is 13.8 Å². The Morgan fingerprint density at radius 3 is 1.06 bits per heavy atom. The summed E-state index contributed by atoms with van der Waals surface area (Å²) in [7, 11) is 0. The van der Waals surface area contributed by atoms with Gasteiger partial charge in [-0.3, -0.25) is 4.79 Å². The minimum absolute atomic E-state index is 0.0251. The molecule has 316 valence electrons. The van der Waals surface area contributed by atoms with Crippen LogP contribution in [0.4, 0.5) is 0 Å². The van der Waals surface area contributed by atoms with E-state index in [1.807, 2.05) is 176 Å². The summed E-state index contributed by atoms with van der Waals surface area (Å²) in [6, 6.07) is 57.2. The predicted octanol–water partition coefficient (Wildman–Crippen LogP) is 12.4. The zero-order chi connectivity index (χ0) is 43.0. The van der Waals surface area contributed by atoms with Crippen molar-refractivity contribution in [3.05, 3.63) is 215 Å². The highest BCUT2D eigenvalue weighted by Gasteiger charge is 2.25. The fourth-order valence-electron chi connectivity index (χ4n) is 6.22. The summed E-state index contributed by atoms with van der Waals surface area (Å²) in [6.45, 7) is 5.53. The number of carbonyl (C=O) groups is 1. The molecule has 0 aliphatic rings. The smallest absolute Gasteiger partial charge is 0.322 e. The van der Waals surface area contributed by atoms with Crippen LogP contribution in [-0.2, 0) is 55.8 Å². The Morgan fingerprint density at radius 1 is 0.371 bits per heavy atom. The number of benzene rings is 7. The number of alkyl halides is 1. The third-order valence-electron chi connectivity index (χ3n) is 9.57. The average Bonchev–Trinajstić information content (AvgIpc) is 3.30. The van der Waals surface area contributed by atoms with Crippen molar-refractivity contribution in [1.82, 2.24) is 0 Å². The Bertz CT molecular complexity index is 2320. The molecule has 0 amide bonds. The van der Waals surface area contributed by atoms with Crippen molar-refractivity contribution in [1.29, 1.82) is 0 Å². The van der Waals surface area contributed by atoms with Crippen LogP contribution < -0.4 is 28.4 Å². The molecule has 0 aliphatic heterocycles. The van der Waals surface area contributed by atoms with Gasteiger partial charge in [0.15, 0.2) is 23.0 Å². The Morgan fingerprint density at radius 2 is 0.710 bits per heavy atom. The fraction of sp³-hybridized carbons (Fsp3) is 0.189. The highest BCUT2D eigenvalue weighted by atomic mass is 79.9. The molecule has 0 unspecified atom stereocenters. The minimum atomic E-state index is -0.838. The number of ether oxygens (including phenoxy) is 7. The van der Waals surface area contributed by atoms with Gasteiger partial charge in [0, 0.05) is 6.07 Å². The SMILES string of the molecule is CC(C)(Br)C(=O)OCc1cc(OCc2ccc(OCc3ccccc3)c(OCc3ccccc3)c2)cc(OCc2ccc(OCc3ccccc3)c(OCc3ccccc3)c2)c1. The maximum Gasteiger partial charge on any atom is 0.322 e. The molecule has 0 aliphatic carbocycles. The summed E-state index contributed by atoms with van der Waals surface area (Å²) in [6.07, 6.45) is 0. The van der Waals surface area contributed by atoms with Crippen molar-refractivity contribution in [2.45, 2.75) is 64.4 Å². The third-order valence-corrected chi connectivity index (χ3v) is 9.89. The predicted molar refractivity (Wildman–Crippen MR) is 244 cm³/mol. The average molecular weight is 894 g/mol. The second-order valence-electron chi connectivity index (χ2n) is 15.1. The van der Waals surface area contributed by atoms with Gasteiger partial charge in [-0.25, -0.2) is 0 Å². The zero-order valence-electron chi connectivity index (χ0n) is 34.8. The molecule has 7 aromatic rings. The summed E-state index contributed by atoms with van der Waals surface area (Å²) < 4.78 is 42.7. The Hall–Kier alpha value is -6.71. The molecule has 7 aromatic carbocycles. The number of hydrogen-bond acceptors (Lipinski definition) is 8. The first-order valence-electron chi connectivity index (χ1n) is 20.4. The molecule has 62 heavy (non-hydrogen) atoms. The molecule has 0 spiro atoms. The summed E-state index contributed by atoms with van der Waals surface area (Å²) in [5.74, 6) is 3.17. The van der Waals surface area contributed by atoms with Crippen LogP contribution in [0.5, 0.6) is 34.5 Å². The van der Waals surface area contributed by atoms with Crippen LogP contribution in [-0.4, -0.2) is 10.3 Å². The van der Waals surface area contributed by atoms with Gasteiger partial charge in [0.2, 0.25) is 0 Å². The van der Waals surface area contributed by atoms with Gasteiger partial charge in [0.05, 0.1) is 0 Å². The van der Waals surface area contributed by atoms with Gasteiger partial charge >= 0.3 is 5.97 Å². The molecule has 0 radical (unpaired) electrons. The number of hydrogen-bond donors (Lipinski definition) is 0. The van der Waals surface area contributed by atoms with Crippen LogP contribution in [0.1, 0.15) is 52.8 Å². The lowest BCUT2D eigenvalue weighted by atomic mass is 10.2. The van der Waals surface area contributed by atoms with E-state index in [1.165, 1.54) is 0 Å². The Kier molecular flexibility index (Phi) is 15.2. The van der Waals surface area contributed by atoms with Crippen molar-refractivity contribution in [2.24, 2.45) is 0 Å². The lowest BCUT2D eigenvalue weighted by Crippen LogP contribution is -2.26. The maximum absolute atomic E-state index is 12.7. The van der Waals surface area contributed by atoms with Gasteiger partial charge in [-0.05, 0) is 89.2 Å². The molecule has 0 N–H and O–H groups in total. The summed E-state index contributed by atoms with van der Waals surface area (Å²) in [4.78, 5) is 12.7. The third kappa shape index (κ3) is 13.4. The van der Waals surface area contributed by atoms with Crippen LogP contribution in [0.2, 0.25) is 0 Å². The van der Waals surface area contributed by atoms with Crippen molar-refractivity contribution in [3.8, 4) is 34.5 Å². The van der Waals surface area contributed by atoms with E-state index < -0.39 is 4.32 Å². The second-order valence-corrected chi connectivity index (χ2v) is 17.1. The van der Waals surface area contributed by atoms with Gasteiger partial charge in [0.25, 0.3) is 0 Å². The fourth-order valence-corrected chi connectivity index (χ4v) is 6.34. The van der Waals surface area contributed by atoms with Crippen molar-refractivity contribution < 1.29 is 38.0 Å². The molecule has 0 saturated carbocycles. The molecule has 0 bridgehead atoms.